The molecule has 0 radical (unpaired) electrons. The van der Waals surface area contributed by atoms with E-state index in [1.807, 2.05) is 25.1 Å². The van der Waals surface area contributed by atoms with E-state index >= 15 is 0 Å². The monoisotopic (exact) mass is 433 g/mol. The first-order valence-corrected chi connectivity index (χ1v) is 11.3. The van der Waals surface area contributed by atoms with Crippen molar-refractivity contribution in [2.75, 3.05) is 12.4 Å². The van der Waals surface area contributed by atoms with E-state index in [1.165, 1.54) is 0 Å². The summed E-state index contributed by atoms with van der Waals surface area (Å²) in [5.74, 6) is 0.858. The standard InChI is InChI=1S/C26H28N2O4/c1-26(30)10-8-16(9-11-26)18-12-19-14-21(24(32-2)15-20(19)13-18)27-25(29)23-5-3-4-22(28(23)31)17-6-7-17/h3-5,12,14-17,30H,6-11H2,1-2H3,(H-,27,29,31)/p+1. The van der Waals surface area contributed by atoms with Gasteiger partial charge in [-0.25, -0.2) is 0 Å². The Hall–Kier alpha value is -3.08. The highest BCUT2D eigenvalue weighted by Gasteiger charge is 2.36. The molecule has 1 heterocycles. The molecule has 1 aromatic heterocycles. The molecule has 0 saturated heterocycles. The van der Waals surface area contributed by atoms with Crippen molar-refractivity contribution in [2.45, 2.75) is 57.0 Å². The van der Waals surface area contributed by atoms with Crippen molar-refractivity contribution in [1.29, 1.82) is 0 Å². The Labute approximate surface area is 187 Å². The zero-order valence-electron chi connectivity index (χ0n) is 18.5. The average molecular weight is 434 g/mol. The molecule has 0 aliphatic heterocycles. The second-order valence-corrected chi connectivity index (χ2v) is 9.51. The van der Waals surface area contributed by atoms with Gasteiger partial charge in [0.1, 0.15) is 5.75 Å². The molecule has 2 saturated carbocycles. The van der Waals surface area contributed by atoms with Crippen molar-refractivity contribution in [3.8, 4) is 5.75 Å². The highest BCUT2D eigenvalue weighted by Crippen LogP contribution is 2.38. The third-order valence-corrected chi connectivity index (χ3v) is 6.93. The first-order chi connectivity index (χ1) is 15.3. The molecule has 3 aliphatic carbocycles. The van der Waals surface area contributed by atoms with Gasteiger partial charge in [0.05, 0.1) is 18.4 Å². The third-order valence-electron chi connectivity index (χ3n) is 6.93. The quantitative estimate of drug-likeness (QED) is 0.500. The van der Waals surface area contributed by atoms with E-state index in [0.29, 0.717) is 23.3 Å². The minimum absolute atomic E-state index is 0.195. The van der Waals surface area contributed by atoms with Gasteiger partial charge >= 0.3 is 11.6 Å². The number of nitrogens with one attached hydrogen (secondary N) is 1. The first kappa shape index (κ1) is 20.8. The Balaban J connectivity index is 1.41. The lowest BCUT2D eigenvalue weighted by Crippen LogP contribution is -2.43. The molecule has 0 bridgehead atoms. The van der Waals surface area contributed by atoms with Crippen LogP contribution < -0.4 is 25.2 Å². The predicted octanol–water partition coefficient (Wildman–Crippen LogP) is 2.39. The van der Waals surface area contributed by atoms with E-state index in [-0.39, 0.29) is 5.69 Å². The number of aliphatic hydroxyl groups is 1. The van der Waals surface area contributed by atoms with Crippen molar-refractivity contribution < 1.29 is 24.6 Å². The van der Waals surface area contributed by atoms with Gasteiger partial charge in [-0.05, 0) is 86.4 Å². The SMILES string of the molecule is COc1cc2c(cc1NC(=O)c1cccc(C3CC3)[n+]1O)=CC(C1CCC(C)(O)CC1)=C=2. The van der Waals surface area contributed by atoms with E-state index in [2.05, 4.69) is 17.1 Å². The van der Waals surface area contributed by atoms with Crippen LogP contribution >= 0.6 is 0 Å². The molecule has 32 heavy (non-hydrogen) atoms. The van der Waals surface area contributed by atoms with Gasteiger partial charge in [-0.2, -0.15) is 0 Å². The van der Waals surface area contributed by atoms with Crippen LogP contribution in [0.4, 0.5) is 5.69 Å². The highest BCUT2D eigenvalue weighted by atomic mass is 16.5. The van der Waals surface area contributed by atoms with Gasteiger partial charge in [0.25, 0.3) is 0 Å². The molecule has 5 rings (SSSR count). The minimum Gasteiger partial charge on any atom is -0.495 e. The van der Waals surface area contributed by atoms with E-state index < -0.39 is 11.5 Å². The number of pyridine rings is 1. The van der Waals surface area contributed by atoms with Crippen LogP contribution in [0.2, 0.25) is 0 Å². The smallest absolute Gasteiger partial charge is 0.325 e. The second-order valence-electron chi connectivity index (χ2n) is 9.51. The molecule has 3 aliphatic rings. The number of ether oxygens (including phenoxy) is 1. The number of rotatable bonds is 5. The fourth-order valence-corrected chi connectivity index (χ4v) is 4.79. The van der Waals surface area contributed by atoms with E-state index in [1.54, 1.807) is 19.2 Å². The Morgan fingerprint density at radius 3 is 2.62 bits per heavy atom. The molecule has 2 aromatic rings. The topological polar surface area (TPSA) is 82.7 Å². The zero-order chi connectivity index (χ0) is 22.5. The summed E-state index contributed by atoms with van der Waals surface area (Å²) in [4.78, 5) is 13.0. The van der Waals surface area contributed by atoms with Crippen LogP contribution in [0, 0.1) is 5.92 Å². The number of benzene rings is 1. The number of fused-ring (bicyclic) bond motifs is 1. The number of amides is 1. The molecule has 2 fully saturated rings. The van der Waals surface area contributed by atoms with Crippen LogP contribution in [-0.4, -0.2) is 28.9 Å². The molecule has 1 aromatic carbocycles. The molecule has 6 heteroatoms. The number of allylic oxidation sites excluding steroid dienone is 1. The summed E-state index contributed by atoms with van der Waals surface area (Å²) < 4.78 is 6.54. The summed E-state index contributed by atoms with van der Waals surface area (Å²) in [6.45, 7) is 1.91. The maximum absolute atomic E-state index is 13.0. The Morgan fingerprint density at radius 2 is 1.94 bits per heavy atom. The zero-order valence-corrected chi connectivity index (χ0v) is 18.5. The third kappa shape index (κ3) is 3.92. The molecule has 0 spiro atoms. The van der Waals surface area contributed by atoms with Crippen LogP contribution in [0.5, 0.6) is 5.75 Å². The molecule has 1 amide bonds. The molecule has 0 atom stereocenters. The Bertz CT molecular complexity index is 1240. The number of nitrogens with zero attached hydrogens (tertiary/aromatic N) is 1. The summed E-state index contributed by atoms with van der Waals surface area (Å²) in [6.07, 6.45) is 7.64. The number of anilines is 1. The van der Waals surface area contributed by atoms with Crippen molar-refractivity contribution in [1.82, 2.24) is 0 Å². The summed E-state index contributed by atoms with van der Waals surface area (Å²) in [5.41, 5.74) is 5.59. The van der Waals surface area contributed by atoms with E-state index in [0.717, 1.165) is 65.0 Å². The van der Waals surface area contributed by atoms with Crippen molar-refractivity contribution >= 4 is 23.4 Å². The lowest BCUT2D eigenvalue weighted by atomic mass is 9.77. The highest BCUT2D eigenvalue weighted by molar-refractivity contribution is 6.02. The van der Waals surface area contributed by atoms with Crippen LogP contribution in [0.25, 0.3) is 11.8 Å². The molecule has 6 nitrogen and oxygen atoms in total. The molecular formula is C26H29N2O4+. The van der Waals surface area contributed by atoms with Gasteiger partial charge in [0.2, 0.25) is 5.69 Å². The van der Waals surface area contributed by atoms with Crippen LogP contribution in [-0.2, 0) is 0 Å². The summed E-state index contributed by atoms with van der Waals surface area (Å²) in [7, 11) is 1.57. The molecular weight excluding hydrogens is 404 g/mol. The number of carbonyl (C=O) groups excluding carboxylic acids is 1. The maximum Gasteiger partial charge on any atom is 0.325 e. The van der Waals surface area contributed by atoms with E-state index in [4.69, 9.17) is 4.74 Å². The van der Waals surface area contributed by atoms with E-state index in [9.17, 15) is 15.1 Å². The lowest BCUT2D eigenvalue weighted by molar-refractivity contribution is -0.910. The fraction of sp³-hybridized carbons (Fsp3) is 0.423. The number of hydrogen-bond acceptors (Lipinski definition) is 4. The van der Waals surface area contributed by atoms with Crippen molar-refractivity contribution in [2.24, 2.45) is 5.92 Å². The first-order valence-electron chi connectivity index (χ1n) is 11.3. The van der Waals surface area contributed by atoms with Gasteiger partial charge in [-0.15, -0.1) is 5.73 Å². The summed E-state index contributed by atoms with van der Waals surface area (Å²) in [5, 5.41) is 25.6. The van der Waals surface area contributed by atoms with Crippen LogP contribution in [0.15, 0.2) is 35.9 Å². The number of carbonyl (C=O) groups is 1. The lowest BCUT2D eigenvalue weighted by Gasteiger charge is -2.32. The summed E-state index contributed by atoms with van der Waals surface area (Å²) >= 11 is 0. The number of methoxy groups -OCH3 is 1. The second kappa shape index (κ2) is 7.80. The fourth-order valence-electron chi connectivity index (χ4n) is 4.79. The predicted molar refractivity (Wildman–Crippen MR) is 120 cm³/mol. The van der Waals surface area contributed by atoms with Crippen LogP contribution in [0.1, 0.15) is 67.5 Å². The minimum atomic E-state index is -0.566. The Morgan fingerprint density at radius 1 is 1.19 bits per heavy atom. The Kier molecular flexibility index (Phi) is 5.07. The number of hydrogen-bond donors (Lipinski definition) is 3. The van der Waals surface area contributed by atoms with Crippen LogP contribution in [0.3, 0.4) is 0 Å². The number of aromatic nitrogens is 1. The van der Waals surface area contributed by atoms with Gasteiger partial charge < -0.3 is 15.2 Å². The molecule has 0 unspecified atom stereocenters. The average Bonchev–Trinajstić information content (AvgIpc) is 3.52. The largest absolute Gasteiger partial charge is 0.495 e. The van der Waals surface area contributed by atoms with Gasteiger partial charge in [-0.3, -0.25) is 10.0 Å². The van der Waals surface area contributed by atoms with Crippen molar-refractivity contribution in [3.63, 3.8) is 0 Å². The molecule has 166 valence electrons. The maximum atomic E-state index is 13.0. The molecule has 3 N–H and O–H groups in total. The normalized spacial score (nSPS) is 24.1. The van der Waals surface area contributed by atoms with Gasteiger partial charge in [0, 0.05) is 28.0 Å². The van der Waals surface area contributed by atoms with Gasteiger partial charge in [0.15, 0.2) is 0 Å². The summed E-state index contributed by atoms with van der Waals surface area (Å²) in [6, 6.07) is 9.06. The van der Waals surface area contributed by atoms with Gasteiger partial charge in [-0.1, -0.05) is 0 Å². The van der Waals surface area contributed by atoms with Crippen molar-refractivity contribution in [3.05, 3.63) is 57.7 Å².